The van der Waals surface area contributed by atoms with Crippen molar-refractivity contribution in [1.29, 1.82) is 0 Å². The Bertz CT molecular complexity index is 804. The van der Waals surface area contributed by atoms with Crippen LogP contribution in [0.4, 0.5) is 4.39 Å². The molecule has 0 radical (unpaired) electrons. The highest BCUT2D eigenvalue weighted by atomic mass is 32.2. The van der Waals surface area contributed by atoms with Crippen molar-refractivity contribution in [2.45, 2.75) is 24.3 Å². The van der Waals surface area contributed by atoms with E-state index in [1.165, 1.54) is 18.2 Å². The summed E-state index contributed by atoms with van der Waals surface area (Å²) in [6.45, 7) is 1.76. The van der Waals surface area contributed by atoms with Crippen LogP contribution >= 0.6 is 0 Å². The van der Waals surface area contributed by atoms with Crippen LogP contribution < -0.4 is 10.5 Å². The van der Waals surface area contributed by atoms with Gasteiger partial charge in [0, 0.05) is 0 Å². The van der Waals surface area contributed by atoms with E-state index in [0.717, 1.165) is 5.56 Å². The minimum atomic E-state index is -3.74. The first-order valence-corrected chi connectivity index (χ1v) is 8.47. The van der Waals surface area contributed by atoms with E-state index in [-0.39, 0.29) is 23.3 Å². The predicted molar refractivity (Wildman–Crippen MR) is 84.5 cm³/mol. The molecule has 0 bridgehead atoms. The summed E-state index contributed by atoms with van der Waals surface area (Å²) in [7, 11) is -3.74. The summed E-state index contributed by atoms with van der Waals surface area (Å²) in [5.74, 6) is -0.745. The highest BCUT2D eigenvalue weighted by molar-refractivity contribution is 7.89. The van der Waals surface area contributed by atoms with Gasteiger partial charge in [0.1, 0.15) is 5.82 Å². The molecule has 2 aromatic rings. The monoisotopic (exact) mass is 336 g/mol. The average Bonchev–Trinajstić information content (AvgIpc) is 2.49. The van der Waals surface area contributed by atoms with Crippen LogP contribution in [0.5, 0.6) is 0 Å². The lowest BCUT2D eigenvalue weighted by Gasteiger charge is -2.15. The summed E-state index contributed by atoms with van der Waals surface area (Å²) in [5, 5.41) is 7.77. The molecule has 23 heavy (non-hydrogen) atoms. The molecule has 1 unspecified atom stereocenters. The fraction of sp³-hybridized carbons (Fsp3) is 0.188. The summed E-state index contributed by atoms with van der Waals surface area (Å²) in [6.07, 6.45) is -0.0632. The molecule has 122 valence electrons. The highest BCUT2D eigenvalue weighted by Gasteiger charge is 2.13. The van der Waals surface area contributed by atoms with Gasteiger partial charge in [-0.3, -0.25) is 4.79 Å². The third kappa shape index (κ3) is 4.61. The molecule has 0 saturated carbocycles. The third-order valence-electron chi connectivity index (χ3n) is 3.39. The van der Waals surface area contributed by atoms with Crippen LogP contribution in [-0.2, 0) is 21.2 Å². The molecule has 0 aliphatic carbocycles. The van der Waals surface area contributed by atoms with Crippen LogP contribution in [0.15, 0.2) is 53.4 Å². The van der Waals surface area contributed by atoms with Gasteiger partial charge in [0.05, 0.1) is 17.4 Å². The SMILES string of the molecule is CC(NC(=O)Cc1ccccc1F)c1ccc(S(N)(=O)=O)cc1. The number of halogens is 1. The molecule has 1 amide bonds. The molecular weight excluding hydrogens is 319 g/mol. The number of hydrogen-bond acceptors (Lipinski definition) is 3. The second-order valence-electron chi connectivity index (χ2n) is 5.17. The normalized spacial score (nSPS) is 12.7. The third-order valence-corrected chi connectivity index (χ3v) is 4.32. The maximum absolute atomic E-state index is 13.5. The Labute approximate surface area is 134 Å². The molecule has 2 aromatic carbocycles. The predicted octanol–water partition coefficient (Wildman–Crippen LogP) is 1.89. The van der Waals surface area contributed by atoms with E-state index in [4.69, 9.17) is 5.14 Å². The van der Waals surface area contributed by atoms with Gasteiger partial charge in [0.25, 0.3) is 0 Å². The zero-order valence-electron chi connectivity index (χ0n) is 12.5. The van der Waals surface area contributed by atoms with Crippen LogP contribution in [0, 0.1) is 5.82 Å². The maximum atomic E-state index is 13.5. The first-order valence-electron chi connectivity index (χ1n) is 6.93. The average molecular weight is 336 g/mol. The van der Waals surface area contributed by atoms with E-state index in [1.807, 2.05) is 0 Å². The summed E-state index contributed by atoms with van der Waals surface area (Å²) in [5.41, 5.74) is 1.04. The van der Waals surface area contributed by atoms with Crippen molar-refractivity contribution in [3.63, 3.8) is 0 Å². The van der Waals surface area contributed by atoms with Crippen molar-refractivity contribution in [2.75, 3.05) is 0 Å². The van der Waals surface area contributed by atoms with Gasteiger partial charge >= 0.3 is 0 Å². The van der Waals surface area contributed by atoms with Gasteiger partial charge in [-0.25, -0.2) is 17.9 Å². The molecular formula is C16H17FN2O3S. The minimum Gasteiger partial charge on any atom is -0.349 e. The number of nitrogens with two attached hydrogens (primary N) is 1. The fourth-order valence-electron chi connectivity index (χ4n) is 2.14. The zero-order chi connectivity index (χ0) is 17.0. The number of amides is 1. The van der Waals surface area contributed by atoms with Gasteiger partial charge in [-0.1, -0.05) is 30.3 Å². The van der Waals surface area contributed by atoms with E-state index in [2.05, 4.69) is 5.32 Å². The lowest BCUT2D eigenvalue weighted by atomic mass is 10.1. The molecule has 0 aliphatic rings. The van der Waals surface area contributed by atoms with E-state index < -0.39 is 15.8 Å². The molecule has 7 heteroatoms. The summed E-state index contributed by atoms with van der Waals surface area (Å²) >= 11 is 0. The van der Waals surface area contributed by atoms with Crippen molar-refractivity contribution in [2.24, 2.45) is 5.14 Å². The van der Waals surface area contributed by atoms with Gasteiger partial charge in [-0.2, -0.15) is 0 Å². The molecule has 1 atom stereocenters. The maximum Gasteiger partial charge on any atom is 0.238 e. The first kappa shape index (κ1) is 17.1. The lowest BCUT2D eigenvalue weighted by Crippen LogP contribution is -2.28. The number of nitrogens with one attached hydrogen (secondary N) is 1. The van der Waals surface area contributed by atoms with Crippen molar-refractivity contribution in [3.05, 3.63) is 65.5 Å². The zero-order valence-corrected chi connectivity index (χ0v) is 13.3. The smallest absolute Gasteiger partial charge is 0.238 e. The van der Waals surface area contributed by atoms with E-state index in [9.17, 15) is 17.6 Å². The summed E-state index contributed by atoms with van der Waals surface area (Å²) in [4.78, 5) is 12.0. The molecule has 0 saturated heterocycles. The number of sulfonamides is 1. The second kappa shape index (κ2) is 6.89. The number of carbonyl (C=O) groups is 1. The van der Waals surface area contributed by atoms with E-state index in [1.54, 1.807) is 37.3 Å². The fourth-order valence-corrected chi connectivity index (χ4v) is 2.65. The van der Waals surface area contributed by atoms with Gasteiger partial charge in [0.2, 0.25) is 15.9 Å². The molecule has 0 aliphatic heterocycles. The van der Waals surface area contributed by atoms with Crippen LogP contribution in [-0.4, -0.2) is 14.3 Å². The standard InChI is InChI=1S/C16H17FN2O3S/c1-11(12-6-8-14(9-7-12)23(18,21)22)19-16(20)10-13-4-2-3-5-15(13)17/h2-9,11H,10H2,1H3,(H,19,20)(H2,18,21,22). The van der Waals surface area contributed by atoms with Crippen LogP contribution in [0.25, 0.3) is 0 Å². The Kier molecular flexibility index (Phi) is 5.12. The first-order chi connectivity index (χ1) is 10.8. The minimum absolute atomic E-state index is 0.00568. The number of benzene rings is 2. The highest BCUT2D eigenvalue weighted by Crippen LogP contribution is 2.16. The molecule has 0 spiro atoms. The van der Waals surface area contributed by atoms with E-state index >= 15 is 0 Å². The molecule has 5 nitrogen and oxygen atoms in total. The number of carbonyl (C=O) groups excluding carboxylic acids is 1. The van der Waals surface area contributed by atoms with Gasteiger partial charge < -0.3 is 5.32 Å². The molecule has 2 rings (SSSR count). The van der Waals surface area contributed by atoms with Crippen molar-refractivity contribution in [3.8, 4) is 0 Å². The quantitative estimate of drug-likeness (QED) is 0.874. The van der Waals surface area contributed by atoms with Gasteiger partial charge in [0.15, 0.2) is 0 Å². The van der Waals surface area contributed by atoms with E-state index in [0.29, 0.717) is 5.56 Å². The molecule has 0 heterocycles. The van der Waals surface area contributed by atoms with Crippen LogP contribution in [0.3, 0.4) is 0 Å². The topological polar surface area (TPSA) is 89.3 Å². The van der Waals surface area contributed by atoms with Crippen molar-refractivity contribution in [1.82, 2.24) is 5.32 Å². The Morgan fingerprint density at radius 3 is 2.35 bits per heavy atom. The second-order valence-corrected chi connectivity index (χ2v) is 6.73. The van der Waals surface area contributed by atoms with Gasteiger partial charge in [-0.15, -0.1) is 0 Å². The van der Waals surface area contributed by atoms with Crippen molar-refractivity contribution < 1.29 is 17.6 Å². The van der Waals surface area contributed by atoms with Gasteiger partial charge in [-0.05, 0) is 36.2 Å². The molecule has 3 N–H and O–H groups in total. The Balaban J connectivity index is 2.02. The van der Waals surface area contributed by atoms with Crippen LogP contribution in [0.1, 0.15) is 24.1 Å². The summed E-state index contributed by atoms with van der Waals surface area (Å²) < 4.78 is 35.9. The Hall–Kier alpha value is -2.25. The van der Waals surface area contributed by atoms with Crippen molar-refractivity contribution >= 4 is 15.9 Å². The summed E-state index contributed by atoms with van der Waals surface area (Å²) in [6, 6.07) is 11.7. The molecule has 0 fully saturated rings. The number of primary sulfonamides is 1. The number of hydrogen-bond donors (Lipinski definition) is 2. The Morgan fingerprint density at radius 2 is 1.78 bits per heavy atom. The number of rotatable bonds is 5. The largest absolute Gasteiger partial charge is 0.349 e. The van der Waals surface area contributed by atoms with Crippen LogP contribution in [0.2, 0.25) is 0 Å². The molecule has 0 aromatic heterocycles. The Morgan fingerprint density at radius 1 is 1.17 bits per heavy atom. The lowest BCUT2D eigenvalue weighted by molar-refractivity contribution is -0.121.